The average Bonchev–Trinajstić information content (AvgIpc) is 2.58. The first-order valence-electron chi connectivity index (χ1n) is 7.35. The Labute approximate surface area is 130 Å². The van der Waals surface area contributed by atoms with Crippen molar-refractivity contribution in [2.45, 2.75) is 12.3 Å². The molecule has 0 spiro atoms. The summed E-state index contributed by atoms with van der Waals surface area (Å²) in [5.74, 6) is 0. The van der Waals surface area contributed by atoms with E-state index in [0.29, 0.717) is 6.54 Å². The summed E-state index contributed by atoms with van der Waals surface area (Å²) in [6, 6.07) is 19.2. The van der Waals surface area contributed by atoms with Crippen LogP contribution in [0.25, 0.3) is 0 Å². The van der Waals surface area contributed by atoms with Crippen molar-refractivity contribution in [3.05, 3.63) is 71.8 Å². The van der Waals surface area contributed by atoms with Crippen LogP contribution in [-0.2, 0) is 10.2 Å². The summed E-state index contributed by atoms with van der Waals surface area (Å²) < 4.78 is 5.34. The van der Waals surface area contributed by atoms with Gasteiger partial charge in [-0.1, -0.05) is 60.7 Å². The second-order valence-electron chi connectivity index (χ2n) is 5.08. The van der Waals surface area contributed by atoms with Crippen LogP contribution < -0.4 is 5.32 Å². The van der Waals surface area contributed by atoms with Gasteiger partial charge in [0.05, 0.1) is 12.0 Å². The molecule has 4 nitrogen and oxygen atoms in total. The molecule has 116 valence electrons. The fraction of sp³-hybridized carbons (Fsp3) is 0.278. The maximum absolute atomic E-state index is 11.7. The Balaban J connectivity index is 2.37. The van der Waals surface area contributed by atoms with Crippen molar-refractivity contribution in [1.29, 1.82) is 0 Å². The van der Waals surface area contributed by atoms with Crippen molar-refractivity contribution in [2.24, 2.45) is 0 Å². The van der Waals surface area contributed by atoms with E-state index in [1.165, 1.54) is 0 Å². The lowest BCUT2D eigenvalue weighted by molar-refractivity contribution is 0.0999. The van der Waals surface area contributed by atoms with Crippen LogP contribution in [0.4, 0.5) is 4.79 Å². The van der Waals surface area contributed by atoms with Gasteiger partial charge in [-0.25, -0.2) is 4.79 Å². The molecule has 0 aromatic heterocycles. The first-order valence-corrected chi connectivity index (χ1v) is 7.35. The minimum atomic E-state index is -0.770. The van der Waals surface area contributed by atoms with Gasteiger partial charge in [0.1, 0.15) is 6.61 Å². The van der Waals surface area contributed by atoms with Gasteiger partial charge in [-0.05, 0) is 18.1 Å². The minimum Gasteiger partial charge on any atom is -0.448 e. The minimum absolute atomic E-state index is 0.0728. The lowest BCUT2D eigenvalue weighted by Crippen LogP contribution is -2.39. The number of carbonyl (C=O) groups is 1. The summed E-state index contributed by atoms with van der Waals surface area (Å²) >= 11 is 0. The summed E-state index contributed by atoms with van der Waals surface area (Å²) in [7, 11) is 0. The highest BCUT2D eigenvalue weighted by molar-refractivity contribution is 5.67. The van der Waals surface area contributed by atoms with Crippen molar-refractivity contribution < 1.29 is 14.6 Å². The van der Waals surface area contributed by atoms with E-state index in [0.717, 1.165) is 11.1 Å². The molecule has 0 bridgehead atoms. The van der Waals surface area contributed by atoms with E-state index in [2.05, 4.69) is 5.32 Å². The number of nitrogens with one attached hydrogen (secondary N) is 1. The molecule has 0 aliphatic carbocycles. The van der Waals surface area contributed by atoms with Gasteiger partial charge in [0.15, 0.2) is 0 Å². The number of hydrogen-bond donors (Lipinski definition) is 2. The van der Waals surface area contributed by atoms with Crippen LogP contribution in [0.15, 0.2) is 60.7 Å². The number of benzene rings is 2. The number of carbonyl (C=O) groups excluding carboxylic acids is 1. The molecule has 0 unspecified atom stereocenters. The largest absolute Gasteiger partial charge is 0.448 e. The topological polar surface area (TPSA) is 58.6 Å². The molecule has 22 heavy (non-hydrogen) atoms. The van der Waals surface area contributed by atoms with E-state index < -0.39 is 11.5 Å². The monoisotopic (exact) mass is 299 g/mol. The third-order valence-corrected chi connectivity index (χ3v) is 3.69. The summed E-state index contributed by atoms with van der Waals surface area (Å²) in [5.41, 5.74) is 1.05. The van der Waals surface area contributed by atoms with Crippen LogP contribution in [0.3, 0.4) is 0 Å². The van der Waals surface area contributed by atoms with Crippen LogP contribution in [0.5, 0.6) is 0 Å². The van der Waals surface area contributed by atoms with Gasteiger partial charge in [0, 0.05) is 6.54 Å². The summed E-state index contributed by atoms with van der Waals surface area (Å²) in [5, 5.41) is 12.7. The van der Waals surface area contributed by atoms with Crippen molar-refractivity contribution >= 4 is 6.09 Å². The van der Waals surface area contributed by atoms with Gasteiger partial charge in [-0.2, -0.15) is 0 Å². The fourth-order valence-corrected chi connectivity index (χ4v) is 2.46. The molecule has 0 radical (unpaired) electrons. The highest BCUT2D eigenvalue weighted by Crippen LogP contribution is 2.32. The average molecular weight is 299 g/mol. The predicted molar refractivity (Wildman–Crippen MR) is 85.8 cm³/mol. The van der Waals surface area contributed by atoms with Crippen molar-refractivity contribution in [1.82, 2.24) is 5.32 Å². The quantitative estimate of drug-likeness (QED) is 0.862. The Hall–Kier alpha value is -2.33. The Morgan fingerprint density at radius 2 is 1.55 bits per heavy atom. The molecular formula is C18H21NO3. The smallest absolute Gasteiger partial charge is 0.407 e. The van der Waals surface area contributed by atoms with Crippen molar-refractivity contribution in [3.8, 4) is 0 Å². The maximum Gasteiger partial charge on any atom is 0.407 e. The molecule has 2 aromatic rings. The van der Waals surface area contributed by atoms with E-state index >= 15 is 0 Å². The predicted octanol–water partition coefficient (Wildman–Crippen LogP) is 2.71. The number of hydrogen-bond acceptors (Lipinski definition) is 3. The van der Waals surface area contributed by atoms with Crippen LogP contribution in [-0.4, -0.2) is 31.0 Å². The Morgan fingerprint density at radius 1 is 1.05 bits per heavy atom. The zero-order valence-electron chi connectivity index (χ0n) is 12.7. The third kappa shape index (κ3) is 3.46. The summed E-state index contributed by atoms with van der Waals surface area (Å²) in [6.45, 7) is 2.25. The SMILES string of the molecule is CCNC(=O)OCC(CO)(c1ccccc1)c1ccccc1. The second kappa shape index (κ2) is 7.61. The molecule has 0 fully saturated rings. The number of alkyl carbamates (subject to hydrolysis) is 1. The molecule has 1 amide bonds. The van der Waals surface area contributed by atoms with Gasteiger partial charge < -0.3 is 15.2 Å². The van der Waals surface area contributed by atoms with E-state index in [1.54, 1.807) is 0 Å². The molecule has 2 rings (SSSR count). The Morgan fingerprint density at radius 3 is 1.95 bits per heavy atom. The Kier molecular flexibility index (Phi) is 5.55. The summed E-state index contributed by atoms with van der Waals surface area (Å²) in [6.07, 6.45) is -0.479. The molecular weight excluding hydrogens is 278 g/mol. The van der Waals surface area contributed by atoms with Crippen LogP contribution in [0, 0.1) is 0 Å². The van der Waals surface area contributed by atoms with Gasteiger partial charge >= 0.3 is 6.09 Å². The van der Waals surface area contributed by atoms with E-state index in [-0.39, 0.29) is 13.2 Å². The molecule has 2 N–H and O–H groups in total. The van der Waals surface area contributed by atoms with E-state index in [4.69, 9.17) is 4.74 Å². The first-order chi connectivity index (χ1) is 10.7. The number of ether oxygens (including phenoxy) is 1. The van der Waals surface area contributed by atoms with Gasteiger partial charge in [0.25, 0.3) is 0 Å². The zero-order valence-corrected chi connectivity index (χ0v) is 12.7. The highest BCUT2D eigenvalue weighted by atomic mass is 16.5. The molecule has 0 saturated carbocycles. The van der Waals surface area contributed by atoms with Gasteiger partial charge in [0.2, 0.25) is 0 Å². The molecule has 0 saturated heterocycles. The maximum atomic E-state index is 11.7. The van der Waals surface area contributed by atoms with E-state index in [1.807, 2.05) is 67.6 Å². The third-order valence-electron chi connectivity index (χ3n) is 3.69. The lowest BCUT2D eigenvalue weighted by Gasteiger charge is -2.32. The number of aliphatic hydroxyl groups is 1. The normalized spacial score (nSPS) is 11.0. The standard InChI is InChI=1S/C18H21NO3/c1-2-19-17(21)22-14-18(13-20,15-9-5-3-6-10-15)16-11-7-4-8-12-16/h3-12,20H,2,13-14H2,1H3,(H,19,21). The van der Waals surface area contributed by atoms with Crippen LogP contribution >= 0.6 is 0 Å². The number of amides is 1. The molecule has 0 aliphatic rings. The second-order valence-corrected chi connectivity index (χ2v) is 5.08. The fourth-order valence-electron chi connectivity index (χ4n) is 2.46. The van der Waals surface area contributed by atoms with Crippen molar-refractivity contribution in [3.63, 3.8) is 0 Å². The van der Waals surface area contributed by atoms with Crippen molar-refractivity contribution in [2.75, 3.05) is 19.8 Å². The molecule has 2 aromatic carbocycles. The Bertz CT molecular complexity index is 544. The van der Waals surface area contributed by atoms with Gasteiger partial charge in [-0.3, -0.25) is 0 Å². The highest BCUT2D eigenvalue weighted by Gasteiger charge is 2.35. The van der Waals surface area contributed by atoms with E-state index in [9.17, 15) is 9.90 Å². The molecule has 0 aliphatic heterocycles. The molecule has 0 heterocycles. The number of rotatable bonds is 6. The number of aliphatic hydroxyl groups excluding tert-OH is 1. The zero-order chi connectivity index (χ0) is 15.8. The molecule has 4 heteroatoms. The first kappa shape index (κ1) is 16.0. The molecule has 0 atom stereocenters. The van der Waals surface area contributed by atoms with Crippen LogP contribution in [0.1, 0.15) is 18.1 Å². The van der Waals surface area contributed by atoms with Crippen LogP contribution in [0.2, 0.25) is 0 Å². The van der Waals surface area contributed by atoms with Gasteiger partial charge in [-0.15, -0.1) is 0 Å². The lowest BCUT2D eigenvalue weighted by atomic mass is 9.76. The summed E-state index contributed by atoms with van der Waals surface area (Å²) in [4.78, 5) is 11.7.